The topological polar surface area (TPSA) is 57.7 Å². The van der Waals surface area contributed by atoms with Gasteiger partial charge in [-0.05, 0) is 30.0 Å². The lowest BCUT2D eigenvalue weighted by atomic mass is 9.98. The number of fused-ring (bicyclic) bond motifs is 1. The summed E-state index contributed by atoms with van der Waals surface area (Å²) in [7, 11) is 1.08. The zero-order valence-electron chi connectivity index (χ0n) is 12.5. The maximum Gasteiger partial charge on any atom is 0.239 e. The van der Waals surface area contributed by atoms with Crippen LogP contribution in [0, 0.1) is 0 Å². The largest absolute Gasteiger partial charge is 0.348 e. The van der Waals surface area contributed by atoms with E-state index in [9.17, 15) is 13.2 Å². The van der Waals surface area contributed by atoms with E-state index in [1.54, 1.807) is 20.2 Å². The second-order valence-electron chi connectivity index (χ2n) is 5.36. The minimum atomic E-state index is -3.59. The van der Waals surface area contributed by atoms with Crippen molar-refractivity contribution in [2.45, 2.75) is 12.8 Å². The van der Waals surface area contributed by atoms with E-state index >= 15 is 0 Å². The van der Waals surface area contributed by atoms with Crippen LogP contribution in [-0.2, 0) is 21.2 Å². The van der Waals surface area contributed by atoms with Gasteiger partial charge in [-0.2, -0.15) is 4.31 Å². The van der Waals surface area contributed by atoms with E-state index in [0.717, 1.165) is 15.4 Å². The number of nitrogens with zero attached hydrogens (tertiary/aromatic N) is 2. The van der Waals surface area contributed by atoms with Crippen LogP contribution in [0.4, 0.5) is 0 Å². The van der Waals surface area contributed by atoms with Crippen molar-refractivity contribution in [1.29, 1.82) is 0 Å². The first-order chi connectivity index (χ1) is 9.82. The molecule has 0 N–H and O–H groups in total. The van der Waals surface area contributed by atoms with Crippen LogP contribution in [0.15, 0.2) is 29.2 Å². The molecule has 6 heteroatoms. The number of allylic oxidation sites excluding steroid dienone is 1. The molecule has 1 amide bonds. The first kappa shape index (κ1) is 15.7. The molecule has 0 unspecified atom stereocenters. The average molecular weight is 308 g/mol. The molecule has 0 saturated heterocycles. The van der Waals surface area contributed by atoms with Crippen LogP contribution in [0.5, 0.6) is 0 Å². The van der Waals surface area contributed by atoms with E-state index in [4.69, 9.17) is 0 Å². The van der Waals surface area contributed by atoms with Crippen LogP contribution in [0.1, 0.15) is 17.5 Å². The van der Waals surface area contributed by atoms with Gasteiger partial charge >= 0.3 is 0 Å². The Balaban J connectivity index is 2.25. The fraction of sp³-hybridized carbons (Fsp3) is 0.400. The number of likely N-dealkylation sites (N-methyl/N-ethyl adjacent to an activating group) is 2. The first-order valence-electron chi connectivity index (χ1n) is 6.77. The molecule has 0 heterocycles. The number of hydrogen-bond donors (Lipinski definition) is 0. The van der Waals surface area contributed by atoms with Gasteiger partial charge in [-0.1, -0.05) is 24.3 Å². The molecule has 1 aliphatic rings. The summed E-state index contributed by atoms with van der Waals surface area (Å²) in [6.07, 6.45) is 2.89. The maximum atomic E-state index is 12.5. The van der Waals surface area contributed by atoms with Gasteiger partial charge in [0.15, 0.2) is 0 Å². The van der Waals surface area contributed by atoms with E-state index in [1.807, 2.05) is 24.3 Å². The van der Waals surface area contributed by atoms with E-state index in [-0.39, 0.29) is 12.5 Å². The Bertz CT molecular complexity index is 678. The summed E-state index contributed by atoms with van der Waals surface area (Å²) in [5, 5.41) is 0. The Morgan fingerprint density at radius 1 is 1.14 bits per heavy atom. The van der Waals surface area contributed by atoms with Crippen LogP contribution < -0.4 is 0 Å². The summed E-state index contributed by atoms with van der Waals surface area (Å²) in [5.41, 5.74) is 2.10. The standard InChI is InChI=1S/C15H20N2O3S/c1-16(2)15(18)11-17(3)21(19,20)14-9-8-12-6-4-5-7-13(12)10-14/h4-7,10H,8-9,11H2,1-3H3. The van der Waals surface area contributed by atoms with Crippen LogP contribution in [0.3, 0.4) is 0 Å². The molecule has 1 aromatic carbocycles. The molecule has 1 aromatic rings. The molecule has 0 atom stereocenters. The molecule has 0 spiro atoms. The Labute approximate surface area is 125 Å². The predicted molar refractivity (Wildman–Crippen MR) is 83.0 cm³/mol. The molecular formula is C15H20N2O3S. The summed E-state index contributed by atoms with van der Waals surface area (Å²) in [4.78, 5) is 13.4. The summed E-state index contributed by atoms with van der Waals surface area (Å²) in [5.74, 6) is -0.238. The third-order valence-electron chi connectivity index (χ3n) is 3.61. The number of rotatable bonds is 4. The number of hydrogen-bond acceptors (Lipinski definition) is 3. The fourth-order valence-electron chi connectivity index (χ4n) is 2.23. The molecule has 0 aromatic heterocycles. The van der Waals surface area contributed by atoms with Crippen molar-refractivity contribution >= 4 is 22.0 Å². The Kier molecular flexibility index (Phi) is 4.49. The van der Waals surface area contributed by atoms with Gasteiger partial charge in [-0.15, -0.1) is 0 Å². The Morgan fingerprint density at radius 2 is 1.81 bits per heavy atom. The van der Waals surface area contributed by atoms with Crippen LogP contribution in [-0.4, -0.2) is 51.2 Å². The number of amides is 1. The lowest BCUT2D eigenvalue weighted by Crippen LogP contribution is -2.38. The highest BCUT2D eigenvalue weighted by molar-refractivity contribution is 7.93. The lowest BCUT2D eigenvalue weighted by Gasteiger charge is -2.23. The van der Waals surface area contributed by atoms with Gasteiger partial charge in [0, 0.05) is 21.1 Å². The van der Waals surface area contributed by atoms with E-state index in [0.29, 0.717) is 17.7 Å². The molecule has 0 radical (unpaired) electrons. The number of carbonyl (C=O) groups excluding carboxylic acids is 1. The predicted octanol–water partition coefficient (Wildman–Crippen LogP) is 1.32. The fourth-order valence-corrected chi connectivity index (χ4v) is 3.54. The highest BCUT2D eigenvalue weighted by atomic mass is 32.2. The van der Waals surface area contributed by atoms with Crippen molar-refractivity contribution in [2.75, 3.05) is 27.7 Å². The second kappa shape index (κ2) is 5.99. The molecule has 1 aliphatic carbocycles. The third-order valence-corrected chi connectivity index (χ3v) is 5.55. The SMILES string of the molecule is CN(C)C(=O)CN(C)S(=O)(=O)C1=Cc2ccccc2CC1. The smallest absolute Gasteiger partial charge is 0.239 e. The van der Waals surface area contributed by atoms with Crippen LogP contribution >= 0.6 is 0 Å². The highest BCUT2D eigenvalue weighted by Crippen LogP contribution is 2.28. The highest BCUT2D eigenvalue weighted by Gasteiger charge is 2.27. The van der Waals surface area contributed by atoms with Gasteiger partial charge in [0.1, 0.15) is 0 Å². The number of sulfonamides is 1. The van der Waals surface area contributed by atoms with Crippen molar-refractivity contribution in [3.8, 4) is 0 Å². The molecule has 0 bridgehead atoms. The van der Waals surface area contributed by atoms with Gasteiger partial charge in [0.2, 0.25) is 15.9 Å². The molecule has 0 saturated carbocycles. The molecular weight excluding hydrogens is 288 g/mol. The lowest BCUT2D eigenvalue weighted by molar-refractivity contribution is -0.128. The second-order valence-corrected chi connectivity index (χ2v) is 7.46. The normalized spacial score (nSPS) is 14.6. The van der Waals surface area contributed by atoms with Crippen molar-refractivity contribution in [2.24, 2.45) is 0 Å². The Morgan fingerprint density at radius 3 is 2.48 bits per heavy atom. The molecule has 114 valence electrons. The number of benzene rings is 1. The van der Waals surface area contributed by atoms with E-state index in [2.05, 4.69) is 0 Å². The third kappa shape index (κ3) is 3.33. The zero-order valence-corrected chi connectivity index (χ0v) is 13.4. The molecule has 0 fully saturated rings. The molecule has 21 heavy (non-hydrogen) atoms. The van der Waals surface area contributed by atoms with Gasteiger partial charge < -0.3 is 4.90 Å². The van der Waals surface area contributed by atoms with Gasteiger partial charge in [0.25, 0.3) is 0 Å². The summed E-state index contributed by atoms with van der Waals surface area (Å²) < 4.78 is 26.2. The van der Waals surface area contributed by atoms with Crippen molar-refractivity contribution < 1.29 is 13.2 Å². The van der Waals surface area contributed by atoms with Crippen molar-refractivity contribution in [3.05, 3.63) is 40.3 Å². The van der Waals surface area contributed by atoms with Gasteiger partial charge in [-0.3, -0.25) is 4.79 Å². The zero-order chi connectivity index (χ0) is 15.6. The minimum absolute atomic E-state index is 0.145. The quantitative estimate of drug-likeness (QED) is 0.843. The van der Waals surface area contributed by atoms with Crippen molar-refractivity contribution in [3.63, 3.8) is 0 Å². The minimum Gasteiger partial charge on any atom is -0.348 e. The van der Waals surface area contributed by atoms with Gasteiger partial charge in [-0.25, -0.2) is 8.42 Å². The van der Waals surface area contributed by atoms with Gasteiger partial charge in [0.05, 0.1) is 11.4 Å². The van der Waals surface area contributed by atoms with E-state index in [1.165, 1.54) is 11.9 Å². The van der Waals surface area contributed by atoms with Crippen LogP contribution in [0.25, 0.3) is 6.08 Å². The number of aryl methyl sites for hydroxylation is 1. The summed E-state index contributed by atoms with van der Waals surface area (Å²) in [6.45, 7) is -0.145. The van der Waals surface area contributed by atoms with Crippen LogP contribution in [0.2, 0.25) is 0 Å². The molecule has 0 aliphatic heterocycles. The monoisotopic (exact) mass is 308 g/mol. The van der Waals surface area contributed by atoms with E-state index < -0.39 is 10.0 Å². The molecule has 2 rings (SSSR count). The first-order valence-corrected chi connectivity index (χ1v) is 8.21. The summed E-state index contributed by atoms with van der Waals surface area (Å²) in [6, 6.07) is 7.77. The Hall–Kier alpha value is -1.66. The number of carbonyl (C=O) groups is 1. The average Bonchev–Trinajstić information content (AvgIpc) is 2.46. The van der Waals surface area contributed by atoms with Crippen molar-refractivity contribution in [1.82, 2.24) is 9.21 Å². The molecule has 5 nitrogen and oxygen atoms in total. The summed E-state index contributed by atoms with van der Waals surface area (Å²) >= 11 is 0. The maximum absolute atomic E-state index is 12.5.